The van der Waals surface area contributed by atoms with E-state index in [-0.39, 0.29) is 11.9 Å². The molecule has 0 bridgehead atoms. The highest BCUT2D eigenvalue weighted by Crippen LogP contribution is 2.21. The summed E-state index contributed by atoms with van der Waals surface area (Å²) in [4.78, 5) is 27.4. The highest BCUT2D eigenvalue weighted by atomic mass is 32.1. The fourth-order valence-electron chi connectivity index (χ4n) is 2.10. The van der Waals surface area contributed by atoms with Crippen molar-refractivity contribution in [2.24, 2.45) is 0 Å². The van der Waals surface area contributed by atoms with E-state index in [1.54, 1.807) is 23.8 Å². The van der Waals surface area contributed by atoms with Gasteiger partial charge in [0.15, 0.2) is 10.8 Å². The van der Waals surface area contributed by atoms with Crippen molar-refractivity contribution >= 4 is 17.2 Å². The van der Waals surface area contributed by atoms with Crippen molar-refractivity contribution in [3.8, 4) is 10.8 Å². The Bertz CT molecular complexity index is 599. The van der Waals surface area contributed by atoms with Crippen LogP contribution in [0.2, 0.25) is 0 Å². The Morgan fingerprint density at radius 1 is 1.32 bits per heavy atom. The van der Waals surface area contributed by atoms with Crippen LogP contribution in [-0.2, 0) is 0 Å². The van der Waals surface area contributed by atoms with Crippen LogP contribution in [0.3, 0.4) is 0 Å². The Balaban J connectivity index is 2.19. The maximum absolute atomic E-state index is 12.7. The molecule has 1 amide bonds. The number of carbonyl (C=O) groups is 1. The molecule has 1 unspecified atom stereocenters. The van der Waals surface area contributed by atoms with Crippen LogP contribution >= 0.6 is 11.3 Å². The second kappa shape index (κ2) is 7.98. The minimum Gasteiger partial charge on any atom is -0.335 e. The Hall–Kier alpha value is -1.82. The number of hydrogen-bond acceptors (Lipinski definition) is 5. The van der Waals surface area contributed by atoms with Gasteiger partial charge in [-0.1, -0.05) is 20.3 Å². The first-order valence-electron chi connectivity index (χ1n) is 7.71. The highest BCUT2D eigenvalue weighted by Gasteiger charge is 2.22. The molecule has 0 fully saturated rings. The van der Waals surface area contributed by atoms with Crippen molar-refractivity contribution in [1.29, 1.82) is 0 Å². The molecule has 22 heavy (non-hydrogen) atoms. The molecule has 2 rings (SSSR count). The predicted molar refractivity (Wildman–Crippen MR) is 88.8 cm³/mol. The number of hydrogen-bond donors (Lipinski definition) is 0. The van der Waals surface area contributed by atoms with Crippen LogP contribution in [0, 0.1) is 0 Å². The Labute approximate surface area is 135 Å². The zero-order chi connectivity index (χ0) is 15.9. The standard InChI is InChI=1S/C16H22N4OS/c1-4-6-10-20(12(3)5-2)16(21)13-11-22-15(19-13)14-17-8-7-9-18-14/h7-9,11-12H,4-6,10H2,1-3H3. The molecule has 0 saturated heterocycles. The topological polar surface area (TPSA) is 59.0 Å². The number of aromatic nitrogens is 3. The number of nitrogens with zero attached hydrogens (tertiary/aromatic N) is 4. The molecule has 5 nitrogen and oxygen atoms in total. The number of carbonyl (C=O) groups excluding carboxylic acids is 1. The molecule has 2 heterocycles. The van der Waals surface area contributed by atoms with E-state index in [1.165, 1.54) is 11.3 Å². The van der Waals surface area contributed by atoms with Gasteiger partial charge >= 0.3 is 0 Å². The van der Waals surface area contributed by atoms with Gasteiger partial charge in [-0.25, -0.2) is 15.0 Å². The summed E-state index contributed by atoms with van der Waals surface area (Å²) >= 11 is 1.41. The fraction of sp³-hybridized carbons (Fsp3) is 0.500. The third-order valence-electron chi connectivity index (χ3n) is 3.62. The summed E-state index contributed by atoms with van der Waals surface area (Å²) in [5.41, 5.74) is 0.490. The molecule has 0 saturated carbocycles. The van der Waals surface area contributed by atoms with Crippen molar-refractivity contribution < 1.29 is 4.79 Å². The second-order valence-electron chi connectivity index (χ2n) is 5.22. The Morgan fingerprint density at radius 2 is 2.05 bits per heavy atom. The second-order valence-corrected chi connectivity index (χ2v) is 6.08. The molecular weight excluding hydrogens is 296 g/mol. The van der Waals surface area contributed by atoms with Crippen LogP contribution < -0.4 is 0 Å². The molecular formula is C16H22N4OS. The van der Waals surface area contributed by atoms with Crippen LogP contribution in [-0.4, -0.2) is 38.3 Å². The van der Waals surface area contributed by atoms with E-state index in [9.17, 15) is 4.79 Å². The minimum absolute atomic E-state index is 0.00114. The quantitative estimate of drug-likeness (QED) is 0.782. The monoisotopic (exact) mass is 318 g/mol. The van der Waals surface area contributed by atoms with Gasteiger partial charge in [-0.2, -0.15) is 0 Å². The lowest BCUT2D eigenvalue weighted by molar-refractivity contribution is 0.0680. The molecule has 0 aliphatic rings. The van der Waals surface area contributed by atoms with Crippen molar-refractivity contribution in [3.05, 3.63) is 29.5 Å². The summed E-state index contributed by atoms with van der Waals surface area (Å²) in [6.07, 6.45) is 6.37. The van der Waals surface area contributed by atoms with Crippen molar-refractivity contribution in [3.63, 3.8) is 0 Å². The van der Waals surface area contributed by atoms with Crippen LogP contribution in [0.5, 0.6) is 0 Å². The first-order chi connectivity index (χ1) is 10.7. The molecule has 6 heteroatoms. The van der Waals surface area contributed by atoms with Gasteiger partial charge in [0.1, 0.15) is 5.69 Å². The maximum Gasteiger partial charge on any atom is 0.273 e. The molecule has 0 aliphatic carbocycles. The molecule has 1 atom stereocenters. The van der Waals surface area contributed by atoms with Crippen molar-refractivity contribution in [1.82, 2.24) is 19.9 Å². The van der Waals surface area contributed by atoms with Gasteiger partial charge < -0.3 is 4.90 Å². The van der Waals surface area contributed by atoms with Gasteiger partial charge in [0.25, 0.3) is 5.91 Å². The number of unbranched alkanes of at least 4 members (excludes halogenated alkanes) is 1. The number of rotatable bonds is 7. The van der Waals surface area contributed by atoms with Gasteiger partial charge in [0, 0.05) is 30.4 Å². The molecule has 2 aromatic rings. The number of thiazole rings is 1. The van der Waals surface area contributed by atoms with E-state index in [1.807, 2.05) is 4.90 Å². The van der Waals surface area contributed by atoms with Crippen LogP contribution in [0.1, 0.15) is 50.5 Å². The molecule has 0 spiro atoms. The van der Waals surface area contributed by atoms with Gasteiger partial charge in [0.05, 0.1) is 0 Å². The van der Waals surface area contributed by atoms with E-state index in [2.05, 4.69) is 35.7 Å². The summed E-state index contributed by atoms with van der Waals surface area (Å²) < 4.78 is 0. The maximum atomic E-state index is 12.7. The largest absolute Gasteiger partial charge is 0.335 e. The summed E-state index contributed by atoms with van der Waals surface area (Å²) in [5, 5.41) is 2.48. The summed E-state index contributed by atoms with van der Waals surface area (Å²) in [5.74, 6) is 0.566. The number of amides is 1. The Morgan fingerprint density at radius 3 is 2.68 bits per heavy atom. The summed E-state index contributed by atoms with van der Waals surface area (Å²) in [6, 6.07) is 1.98. The minimum atomic E-state index is 0.00114. The lowest BCUT2D eigenvalue weighted by atomic mass is 10.2. The SMILES string of the molecule is CCCCN(C(=O)c1csc(-c2ncccn2)n1)C(C)CC. The molecule has 0 N–H and O–H groups in total. The molecule has 2 aromatic heterocycles. The van der Waals surface area contributed by atoms with Gasteiger partial charge in [-0.3, -0.25) is 4.79 Å². The van der Waals surface area contributed by atoms with Crippen LogP contribution in [0.15, 0.2) is 23.8 Å². The Kier molecular flexibility index (Phi) is 6.00. The average molecular weight is 318 g/mol. The van der Waals surface area contributed by atoms with E-state index >= 15 is 0 Å². The fourth-order valence-corrected chi connectivity index (χ4v) is 2.84. The average Bonchev–Trinajstić information content (AvgIpc) is 3.05. The van der Waals surface area contributed by atoms with Crippen LogP contribution in [0.25, 0.3) is 10.8 Å². The first-order valence-corrected chi connectivity index (χ1v) is 8.59. The molecule has 0 radical (unpaired) electrons. The predicted octanol–water partition coefficient (Wildman–Crippen LogP) is 3.64. The molecule has 118 valence electrons. The van der Waals surface area contributed by atoms with E-state index in [0.717, 1.165) is 25.8 Å². The molecule has 0 aliphatic heterocycles. The van der Waals surface area contributed by atoms with E-state index in [0.29, 0.717) is 16.5 Å². The third-order valence-corrected chi connectivity index (χ3v) is 4.45. The lowest BCUT2D eigenvalue weighted by Gasteiger charge is -2.27. The van der Waals surface area contributed by atoms with Gasteiger partial charge in [-0.05, 0) is 25.8 Å². The smallest absolute Gasteiger partial charge is 0.273 e. The van der Waals surface area contributed by atoms with Gasteiger partial charge in [0.2, 0.25) is 0 Å². The first kappa shape index (κ1) is 16.5. The molecule has 0 aromatic carbocycles. The normalized spacial score (nSPS) is 12.1. The zero-order valence-corrected chi connectivity index (χ0v) is 14.1. The van der Waals surface area contributed by atoms with E-state index in [4.69, 9.17) is 0 Å². The van der Waals surface area contributed by atoms with Crippen molar-refractivity contribution in [2.75, 3.05) is 6.54 Å². The van der Waals surface area contributed by atoms with E-state index < -0.39 is 0 Å². The van der Waals surface area contributed by atoms with Crippen LogP contribution in [0.4, 0.5) is 0 Å². The van der Waals surface area contributed by atoms with Gasteiger partial charge in [-0.15, -0.1) is 11.3 Å². The lowest BCUT2D eigenvalue weighted by Crippen LogP contribution is -2.39. The summed E-state index contributed by atoms with van der Waals surface area (Å²) in [6.45, 7) is 7.09. The third kappa shape index (κ3) is 3.88. The van der Waals surface area contributed by atoms with Crippen molar-refractivity contribution in [2.45, 2.75) is 46.1 Å². The highest BCUT2D eigenvalue weighted by molar-refractivity contribution is 7.13. The summed E-state index contributed by atoms with van der Waals surface area (Å²) in [7, 11) is 0. The zero-order valence-electron chi connectivity index (χ0n) is 13.3.